The molecule has 3 N–H and O–H groups in total. The van der Waals surface area contributed by atoms with Gasteiger partial charge in [0.05, 0.1) is 0 Å². The van der Waals surface area contributed by atoms with Crippen molar-refractivity contribution in [3.05, 3.63) is 28.8 Å². The number of benzene rings is 1. The fraction of sp³-hybridized carbons (Fsp3) is 0.625. The third-order valence-electron chi connectivity index (χ3n) is 3.30. The van der Waals surface area contributed by atoms with Crippen molar-refractivity contribution in [2.24, 2.45) is 5.73 Å². The summed E-state index contributed by atoms with van der Waals surface area (Å²) in [6.07, 6.45) is 0. The van der Waals surface area contributed by atoms with E-state index in [-0.39, 0.29) is 29.3 Å². The molecule has 19 heavy (non-hydrogen) atoms. The van der Waals surface area contributed by atoms with E-state index >= 15 is 0 Å². The van der Waals surface area contributed by atoms with Crippen molar-refractivity contribution in [2.75, 3.05) is 0 Å². The number of halogens is 1. The van der Waals surface area contributed by atoms with Gasteiger partial charge in [-0.1, -0.05) is 53.7 Å². The maximum Gasteiger partial charge on any atom is 0.124 e. The Balaban J connectivity index is 0.00000324. The van der Waals surface area contributed by atoms with Gasteiger partial charge in [0.25, 0.3) is 0 Å². The van der Waals surface area contributed by atoms with Crippen LogP contribution in [0.3, 0.4) is 0 Å². The molecular weight excluding hydrogens is 258 g/mol. The fourth-order valence-corrected chi connectivity index (χ4v) is 2.01. The first-order valence-corrected chi connectivity index (χ1v) is 6.58. The van der Waals surface area contributed by atoms with Gasteiger partial charge in [0.15, 0.2) is 0 Å². The van der Waals surface area contributed by atoms with Crippen LogP contribution in [-0.2, 0) is 10.8 Å². The molecule has 0 saturated carbocycles. The van der Waals surface area contributed by atoms with Gasteiger partial charge >= 0.3 is 0 Å². The average Bonchev–Trinajstić information content (AvgIpc) is 2.13. The molecule has 1 aromatic rings. The molecule has 0 aliphatic heterocycles. The summed E-state index contributed by atoms with van der Waals surface area (Å²) in [6, 6.07) is 3.99. The van der Waals surface area contributed by atoms with Crippen molar-refractivity contribution in [1.29, 1.82) is 0 Å². The molecule has 0 amide bonds. The van der Waals surface area contributed by atoms with E-state index in [1.165, 1.54) is 5.56 Å². The van der Waals surface area contributed by atoms with Gasteiger partial charge in [0.1, 0.15) is 5.75 Å². The Hall–Kier alpha value is -0.730. The number of nitrogens with two attached hydrogens (primary N) is 1. The highest BCUT2D eigenvalue weighted by Crippen LogP contribution is 2.39. The van der Waals surface area contributed by atoms with E-state index in [0.29, 0.717) is 5.75 Å². The number of aromatic hydroxyl groups is 1. The maximum atomic E-state index is 10.4. The molecule has 0 spiro atoms. The standard InChI is InChI=1S/C16H27NO.ClH/c1-10(17)12-8-11(15(2,3)4)9-13(14(12)18)16(5,6)7;/h8-10,18H,17H2,1-7H3;1H/t10-;/m0./s1. The predicted molar refractivity (Wildman–Crippen MR) is 85.4 cm³/mol. The number of phenols is 1. The van der Waals surface area contributed by atoms with Crippen LogP contribution in [0.4, 0.5) is 0 Å². The van der Waals surface area contributed by atoms with E-state index in [2.05, 4.69) is 47.6 Å². The first-order valence-electron chi connectivity index (χ1n) is 6.58. The zero-order valence-electron chi connectivity index (χ0n) is 13.2. The number of hydrogen-bond donors (Lipinski definition) is 2. The molecule has 1 atom stereocenters. The summed E-state index contributed by atoms with van der Waals surface area (Å²) in [6.45, 7) is 14.8. The first-order chi connectivity index (χ1) is 7.94. The van der Waals surface area contributed by atoms with Crippen LogP contribution in [0, 0.1) is 0 Å². The van der Waals surface area contributed by atoms with Crippen molar-refractivity contribution in [2.45, 2.75) is 65.3 Å². The first kappa shape index (κ1) is 18.3. The van der Waals surface area contributed by atoms with Crippen LogP contribution in [0.25, 0.3) is 0 Å². The Labute approximate surface area is 123 Å². The third kappa shape index (κ3) is 4.12. The van der Waals surface area contributed by atoms with Crippen molar-refractivity contribution in [3.8, 4) is 5.75 Å². The van der Waals surface area contributed by atoms with Crippen LogP contribution in [0.15, 0.2) is 12.1 Å². The summed E-state index contributed by atoms with van der Waals surface area (Å²) >= 11 is 0. The van der Waals surface area contributed by atoms with Crippen molar-refractivity contribution < 1.29 is 5.11 Å². The number of hydrogen-bond acceptors (Lipinski definition) is 2. The van der Waals surface area contributed by atoms with Gasteiger partial charge in [0, 0.05) is 11.6 Å². The SMILES string of the molecule is C[C@H](N)c1cc(C(C)(C)C)cc(C(C)(C)C)c1O.Cl. The fourth-order valence-electron chi connectivity index (χ4n) is 2.01. The molecule has 3 heteroatoms. The Morgan fingerprint density at radius 1 is 1.00 bits per heavy atom. The topological polar surface area (TPSA) is 46.2 Å². The summed E-state index contributed by atoms with van der Waals surface area (Å²) in [5.41, 5.74) is 8.98. The Morgan fingerprint density at radius 2 is 1.47 bits per heavy atom. The van der Waals surface area contributed by atoms with E-state index in [0.717, 1.165) is 11.1 Å². The van der Waals surface area contributed by atoms with Gasteiger partial charge in [-0.05, 0) is 28.9 Å². The smallest absolute Gasteiger partial charge is 0.124 e. The molecule has 0 bridgehead atoms. The second kappa shape index (κ2) is 5.72. The lowest BCUT2D eigenvalue weighted by molar-refractivity contribution is 0.434. The highest BCUT2D eigenvalue weighted by molar-refractivity contribution is 5.85. The molecule has 0 radical (unpaired) electrons. The van der Waals surface area contributed by atoms with Crippen LogP contribution in [0.1, 0.15) is 71.2 Å². The molecule has 0 saturated heterocycles. The normalized spacial score (nSPS) is 13.9. The van der Waals surface area contributed by atoms with Crippen LogP contribution in [0.2, 0.25) is 0 Å². The van der Waals surface area contributed by atoms with Crippen LogP contribution in [0.5, 0.6) is 5.75 Å². The second-order valence-corrected chi connectivity index (χ2v) is 7.25. The zero-order chi connectivity index (χ0) is 14.3. The van der Waals surface area contributed by atoms with Crippen LogP contribution in [-0.4, -0.2) is 5.11 Å². The number of phenolic OH excluding ortho intramolecular Hbond substituents is 1. The molecule has 0 aliphatic carbocycles. The Kier molecular flexibility index (Phi) is 5.50. The van der Waals surface area contributed by atoms with Gasteiger partial charge in [-0.15, -0.1) is 12.4 Å². The summed E-state index contributed by atoms with van der Waals surface area (Å²) < 4.78 is 0. The molecule has 0 unspecified atom stereocenters. The predicted octanol–water partition coefficient (Wildman–Crippen LogP) is 4.43. The van der Waals surface area contributed by atoms with Gasteiger partial charge in [-0.2, -0.15) is 0 Å². The molecule has 0 fully saturated rings. The molecule has 2 nitrogen and oxygen atoms in total. The Morgan fingerprint density at radius 3 is 1.79 bits per heavy atom. The van der Waals surface area contributed by atoms with Crippen molar-refractivity contribution in [1.82, 2.24) is 0 Å². The van der Waals surface area contributed by atoms with Crippen molar-refractivity contribution >= 4 is 12.4 Å². The van der Waals surface area contributed by atoms with Crippen LogP contribution < -0.4 is 5.73 Å². The lowest BCUT2D eigenvalue weighted by Crippen LogP contribution is -2.19. The lowest BCUT2D eigenvalue weighted by Gasteiger charge is -2.28. The van der Waals surface area contributed by atoms with Crippen LogP contribution >= 0.6 is 12.4 Å². The molecule has 1 aromatic carbocycles. The maximum absolute atomic E-state index is 10.4. The summed E-state index contributed by atoms with van der Waals surface area (Å²) in [4.78, 5) is 0. The molecular formula is C16H28ClNO. The summed E-state index contributed by atoms with van der Waals surface area (Å²) in [5.74, 6) is 0.352. The highest BCUT2D eigenvalue weighted by Gasteiger charge is 2.25. The van der Waals surface area contributed by atoms with E-state index in [1.54, 1.807) is 0 Å². The minimum absolute atomic E-state index is 0. The van der Waals surface area contributed by atoms with E-state index in [9.17, 15) is 5.11 Å². The molecule has 110 valence electrons. The zero-order valence-corrected chi connectivity index (χ0v) is 14.0. The van der Waals surface area contributed by atoms with E-state index in [4.69, 9.17) is 5.73 Å². The largest absolute Gasteiger partial charge is 0.507 e. The monoisotopic (exact) mass is 285 g/mol. The summed E-state index contributed by atoms with van der Waals surface area (Å²) in [7, 11) is 0. The molecule has 0 aliphatic rings. The third-order valence-corrected chi connectivity index (χ3v) is 3.30. The second-order valence-electron chi connectivity index (χ2n) is 7.25. The minimum Gasteiger partial charge on any atom is -0.507 e. The minimum atomic E-state index is -0.159. The number of rotatable bonds is 1. The summed E-state index contributed by atoms with van der Waals surface area (Å²) in [5, 5.41) is 10.4. The van der Waals surface area contributed by atoms with Gasteiger partial charge in [-0.3, -0.25) is 0 Å². The van der Waals surface area contributed by atoms with Gasteiger partial charge < -0.3 is 10.8 Å². The quantitative estimate of drug-likeness (QED) is 0.802. The highest BCUT2D eigenvalue weighted by atomic mass is 35.5. The molecule has 0 heterocycles. The van der Waals surface area contributed by atoms with Crippen molar-refractivity contribution in [3.63, 3.8) is 0 Å². The van der Waals surface area contributed by atoms with Gasteiger partial charge in [-0.25, -0.2) is 0 Å². The Bertz CT molecular complexity index is 439. The van der Waals surface area contributed by atoms with E-state index in [1.807, 2.05) is 13.0 Å². The molecule has 0 aromatic heterocycles. The molecule has 1 rings (SSSR count). The lowest BCUT2D eigenvalue weighted by atomic mass is 9.78. The van der Waals surface area contributed by atoms with Gasteiger partial charge in [0.2, 0.25) is 0 Å². The van der Waals surface area contributed by atoms with E-state index < -0.39 is 0 Å². The average molecular weight is 286 g/mol.